The topological polar surface area (TPSA) is 159 Å². The van der Waals surface area contributed by atoms with Crippen molar-refractivity contribution >= 4 is 44.5 Å². The van der Waals surface area contributed by atoms with E-state index in [0.717, 1.165) is 5.56 Å². The molecule has 13 heteroatoms. The second-order valence-corrected chi connectivity index (χ2v) is 13.6. The molecule has 0 spiro atoms. The zero-order valence-corrected chi connectivity index (χ0v) is 26.5. The lowest BCUT2D eigenvalue weighted by Gasteiger charge is -2.31. The van der Waals surface area contributed by atoms with Gasteiger partial charge in [-0.3, -0.25) is 14.5 Å². The van der Waals surface area contributed by atoms with Crippen molar-refractivity contribution in [2.24, 2.45) is 5.92 Å². The summed E-state index contributed by atoms with van der Waals surface area (Å²) in [6.45, 7) is 4.82. The molecule has 2 heterocycles. The molecule has 0 aliphatic carbocycles. The molecular formula is C33H36N4O8S. The number of aliphatic hydroxyl groups excluding tert-OH is 1. The minimum Gasteiger partial charge on any atom is -0.434 e. The van der Waals surface area contributed by atoms with Gasteiger partial charge in [-0.15, -0.1) is 0 Å². The maximum atomic E-state index is 13.8. The highest BCUT2D eigenvalue weighted by Crippen LogP contribution is 2.25. The lowest BCUT2D eigenvalue weighted by atomic mass is 10.0. The van der Waals surface area contributed by atoms with Crippen LogP contribution in [0.2, 0.25) is 0 Å². The summed E-state index contributed by atoms with van der Waals surface area (Å²) in [6, 6.07) is 19.1. The number of sulfonamides is 1. The van der Waals surface area contributed by atoms with Gasteiger partial charge in [0.05, 0.1) is 29.8 Å². The highest BCUT2D eigenvalue weighted by Gasteiger charge is 2.39. The summed E-state index contributed by atoms with van der Waals surface area (Å²) in [5.41, 5.74) is 1.93. The second kappa shape index (κ2) is 13.8. The molecule has 242 valence electrons. The van der Waals surface area contributed by atoms with Gasteiger partial charge in [-0.25, -0.2) is 13.2 Å². The van der Waals surface area contributed by atoms with Crippen molar-refractivity contribution in [3.8, 4) is 0 Å². The van der Waals surface area contributed by atoms with Crippen LogP contribution in [0.5, 0.6) is 0 Å². The van der Waals surface area contributed by atoms with Crippen molar-refractivity contribution < 1.29 is 37.2 Å². The lowest BCUT2D eigenvalue weighted by molar-refractivity contribution is -0.129. The normalized spacial score (nSPS) is 16.5. The molecule has 46 heavy (non-hydrogen) atoms. The van der Waals surface area contributed by atoms with Gasteiger partial charge in [0.2, 0.25) is 10.0 Å². The molecular weight excluding hydrogens is 612 g/mol. The van der Waals surface area contributed by atoms with Crippen molar-refractivity contribution in [3.63, 3.8) is 0 Å². The Morgan fingerprint density at radius 2 is 1.83 bits per heavy atom. The summed E-state index contributed by atoms with van der Waals surface area (Å²) in [7, 11) is -4.09. The predicted octanol–water partition coefficient (Wildman–Crippen LogP) is 3.79. The zero-order chi connectivity index (χ0) is 33.0. The van der Waals surface area contributed by atoms with Crippen LogP contribution in [0.1, 0.15) is 36.7 Å². The summed E-state index contributed by atoms with van der Waals surface area (Å²) < 4.78 is 39.4. The van der Waals surface area contributed by atoms with Crippen LogP contribution < -0.4 is 10.2 Å². The van der Waals surface area contributed by atoms with Gasteiger partial charge in [0.1, 0.15) is 0 Å². The van der Waals surface area contributed by atoms with Crippen molar-refractivity contribution in [3.05, 3.63) is 90.1 Å². The third-order valence-corrected chi connectivity index (χ3v) is 9.51. The molecule has 0 unspecified atom stereocenters. The number of nitrogens with one attached hydrogen (secondary N) is 1. The molecule has 0 bridgehead atoms. The first-order valence-corrected chi connectivity index (χ1v) is 16.3. The Bertz CT molecular complexity index is 1830. The van der Waals surface area contributed by atoms with E-state index in [-0.39, 0.29) is 42.7 Å². The van der Waals surface area contributed by atoms with Gasteiger partial charge >= 0.3 is 6.09 Å². The van der Waals surface area contributed by atoms with E-state index in [0.29, 0.717) is 22.2 Å². The number of aliphatic hydroxyl groups is 1. The number of carbonyl (C=O) groups excluding carboxylic acids is 3. The Morgan fingerprint density at radius 3 is 2.54 bits per heavy atom. The number of amides is 2. The summed E-state index contributed by atoms with van der Waals surface area (Å²) in [5.74, 6) is -0.898. The molecule has 0 saturated carbocycles. The molecule has 1 fully saturated rings. The molecule has 1 aliphatic rings. The number of nitrogens with zero attached hydrogens (tertiary/aromatic N) is 3. The maximum Gasteiger partial charge on any atom is 0.415 e. The van der Waals surface area contributed by atoms with Gasteiger partial charge in [-0.1, -0.05) is 61.5 Å². The number of hydrogen-bond acceptors (Lipinski definition) is 9. The molecule has 1 aromatic heterocycles. The van der Waals surface area contributed by atoms with Crippen molar-refractivity contribution in [2.75, 3.05) is 24.5 Å². The van der Waals surface area contributed by atoms with Crippen LogP contribution in [-0.2, 0) is 26.0 Å². The van der Waals surface area contributed by atoms with Crippen LogP contribution in [0.4, 0.5) is 10.5 Å². The number of anilines is 1. The predicted molar refractivity (Wildman–Crippen MR) is 170 cm³/mol. The first-order valence-electron chi connectivity index (χ1n) is 14.9. The van der Waals surface area contributed by atoms with E-state index in [9.17, 15) is 27.9 Å². The number of Topliss-reactive ketones (excluding diaryl/α,β-unsaturated/α-hetero) is 1. The minimum atomic E-state index is -4.09. The molecule has 0 radical (unpaired) electrons. The Labute approximate surface area is 267 Å². The quantitative estimate of drug-likeness (QED) is 0.206. The SMILES string of the molecule is CC(=O)c1cccc(N2C[C@@H](C(=O)N[C@@H](Cc3ccccc3)[C@H](O)CN(CC(C)C)S(=O)(=O)c3ccc4cnoc4c3)OC2=O)c1. The number of fused-ring (bicyclic) bond motifs is 1. The number of cyclic esters (lactones) is 1. The van der Waals surface area contributed by atoms with Gasteiger partial charge in [0.25, 0.3) is 5.91 Å². The largest absolute Gasteiger partial charge is 0.434 e. The Hall–Kier alpha value is -4.59. The van der Waals surface area contributed by atoms with Gasteiger partial charge in [0, 0.05) is 35.8 Å². The maximum absolute atomic E-state index is 13.8. The molecule has 3 atom stereocenters. The first kappa shape index (κ1) is 32.8. The molecule has 2 N–H and O–H groups in total. The summed E-state index contributed by atoms with van der Waals surface area (Å²) >= 11 is 0. The fourth-order valence-corrected chi connectivity index (χ4v) is 6.93. The van der Waals surface area contributed by atoms with Gasteiger partial charge < -0.3 is 19.7 Å². The van der Waals surface area contributed by atoms with Crippen LogP contribution >= 0.6 is 0 Å². The van der Waals surface area contributed by atoms with Crippen molar-refractivity contribution in [1.29, 1.82) is 0 Å². The Balaban J connectivity index is 1.36. The fourth-order valence-electron chi connectivity index (χ4n) is 5.29. The number of carbonyl (C=O) groups is 3. The number of aromatic nitrogens is 1. The van der Waals surface area contributed by atoms with Crippen LogP contribution in [0.25, 0.3) is 11.0 Å². The minimum absolute atomic E-state index is 0.0138. The number of rotatable bonds is 13. The van der Waals surface area contributed by atoms with Gasteiger partial charge in [-0.05, 0) is 49.1 Å². The summed E-state index contributed by atoms with van der Waals surface area (Å²) in [5, 5.41) is 18.7. The van der Waals surface area contributed by atoms with Crippen LogP contribution in [0.15, 0.2) is 88.4 Å². The van der Waals surface area contributed by atoms with Gasteiger partial charge in [0.15, 0.2) is 17.5 Å². The highest BCUT2D eigenvalue weighted by molar-refractivity contribution is 7.89. The number of hydrogen-bond donors (Lipinski definition) is 2. The molecule has 1 aliphatic heterocycles. The average Bonchev–Trinajstić information content (AvgIpc) is 3.67. The average molecular weight is 649 g/mol. The number of ether oxygens (including phenoxy) is 1. The van der Waals surface area contributed by atoms with E-state index in [1.807, 2.05) is 44.2 Å². The van der Waals surface area contributed by atoms with E-state index in [1.54, 1.807) is 30.3 Å². The Kier molecular flexibility index (Phi) is 9.85. The van der Waals surface area contributed by atoms with Crippen LogP contribution in [0.3, 0.4) is 0 Å². The molecule has 4 aromatic rings. The molecule has 12 nitrogen and oxygen atoms in total. The summed E-state index contributed by atoms with van der Waals surface area (Å²) in [4.78, 5) is 39.3. The van der Waals surface area contributed by atoms with Crippen molar-refractivity contribution in [2.45, 2.75) is 50.3 Å². The third kappa shape index (κ3) is 7.44. The second-order valence-electron chi connectivity index (χ2n) is 11.7. The molecule has 1 saturated heterocycles. The number of ketones is 1. The van der Waals surface area contributed by atoms with Crippen LogP contribution in [0, 0.1) is 5.92 Å². The highest BCUT2D eigenvalue weighted by atomic mass is 32.2. The molecule has 2 amide bonds. The zero-order valence-electron chi connectivity index (χ0n) is 25.7. The van der Waals surface area contributed by atoms with E-state index in [4.69, 9.17) is 9.26 Å². The Morgan fingerprint density at radius 1 is 1.07 bits per heavy atom. The van der Waals surface area contributed by atoms with Gasteiger partial charge in [-0.2, -0.15) is 4.31 Å². The standard InChI is InChI=1S/C33H36N4O8S/c1-21(2)18-36(46(42,43)27-13-12-25-17-34-45-30(25)16-27)19-29(39)28(14-23-8-5-4-6-9-23)35-32(40)31-20-37(33(41)44-31)26-11-7-10-24(15-26)22(3)38/h4-13,15-17,21,28-29,31,39H,14,18-20H2,1-3H3,(H,35,40)/t28-,29+,31-/m0/s1. The first-order chi connectivity index (χ1) is 21.9. The fraction of sp³-hybridized carbons (Fsp3) is 0.333. The molecule has 3 aromatic carbocycles. The van der Waals surface area contributed by atoms with E-state index >= 15 is 0 Å². The van der Waals surface area contributed by atoms with Crippen LogP contribution in [-0.4, -0.2) is 78.7 Å². The smallest absolute Gasteiger partial charge is 0.415 e. The number of benzene rings is 3. The monoisotopic (exact) mass is 648 g/mol. The van der Waals surface area contributed by atoms with E-state index in [1.165, 1.54) is 34.5 Å². The lowest BCUT2D eigenvalue weighted by Crippen LogP contribution is -2.53. The van der Waals surface area contributed by atoms with Crippen molar-refractivity contribution in [1.82, 2.24) is 14.8 Å². The van der Waals surface area contributed by atoms with E-state index in [2.05, 4.69) is 10.5 Å². The van der Waals surface area contributed by atoms with E-state index < -0.39 is 40.3 Å². The summed E-state index contributed by atoms with van der Waals surface area (Å²) in [6.07, 6.45) is -1.63. The molecule has 5 rings (SSSR count). The third-order valence-electron chi connectivity index (χ3n) is 7.68.